The number of hydrogen-bond donors (Lipinski definition) is 2. The molecule has 3 aromatic rings. The molecule has 0 bridgehead atoms. The van der Waals surface area contributed by atoms with Crippen molar-refractivity contribution >= 4 is 28.2 Å². The van der Waals surface area contributed by atoms with Crippen molar-refractivity contribution in [2.75, 3.05) is 5.32 Å². The maximum absolute atomic E-state index is 12.5. The zero-order chi connectivity index (χ0) is 14.4. The van der Waals surface area contributed by atoms with Gasteiger partial charge in [0.2, 0.25) is 0 Å². The second-order valence-electron chi connectivity index (χ2n) is 4.61. The van der Waals surface area contributed by atoms with Crippen molar-refractivity contribution in [1.29, 1.82) is 0 Å². The number of carbonyl (C=O) groups is 1. The molecule has 21 heavy (non-hydrogen) atoms. The Bertz CT molecular complexity index is 895. The fraction of sp³-hybridized carbons (Fsp3) is 0.273. The number of H-pyrrole nitrogens is 1. The maximum Gasteiger partial charge on any atom is 0.271 e. The van der Waals surface area contributed by atoms with E-state index in [1.165, 1.54) is 26.8 Å². The molecule has 0 radical (unpaired) electrons. The zero-order valence-electron chi connectivity index (χ0n) is 10.7. The maximum atomic E-state index is 12.5. The first-order valence-corrected chi connectivity index (χ1v) is 7.13. The van der Waals surface area contributed by atoms with E-state index in [2.05, 4.69) is 30.9 Å². The summed E-state index contributed by atoms with van der Waals surface area (Å²) >= 11 is 1.51. The third-order valence-electron chi connectivity index (χ3n) is 3.37. The normalized spacial score (nSPS) is 13.5. The topological polar surface area (TPSA) is 118 Å². The summed E-state index contributed by atoms with van der Waals surface area (Å²) in [5, 5.41) is 15.2. The number of tetrazole rings is 1. The molecule has 1 aliphatic rings. The van der Waals surface area contributed by atoms with Crippen molar-refractivity contribution in [2.45, 2.75) is 19.3 Å². The van der Waals surface area contributed by atoms with Crippen LogP contribution in [0.1, 0.15) is 27.3 Å². The van der Waals surface area contributed by atoms with Gasteiger partial charge in [0, 0.05) is 16.8 Å². The van der Waals surface area contributed by atoms with Crippen molar-refractivity contribution in [3.63, 3.8) is 0 Å². The number of amides is 1. The Balaban J connectivity index is 1.81. The van der Waals surface area contributed by atoms with Gasteiger partial charge in [-0.2, -0.15) is 5.21 Å². The lowest BCUT2D eigenvalue weighted by atomic mass is 10.3. The number of aromatic nitrogens is 6. The average Bonchev–Trinajstić information content (AvgIpc) is 3.14. The summed E-state index contributed by atoms with van der Waals surface area (Å²) < 4.78 is 1.54. The predicted molar refractivity (Wildman–Crippen MR) is 73.5 cm³/mol. The fourth-order valence-electron chi connectivity index (χ4n) is 2.45. The van der Waals surface area contributed by atoms with Gasteiger partial charge in [-0.05, 0) is 24.5 Å². The highest BCUT2D eigenvalue weighted by molar-refractivity contribution is 7.17. The van der Waals surface area contributed by atoms with Gasteiger partial charge in [0.15, 0.2) is 4.96 Å². The summed E-state index contributed by atoms with van der Waals surface area (Å²) in [5.74, 6) is -0.582. The van der Waals surface area contributed by atoms with Crippen LogP contribution >= 0.6 is 11.3 Å². The predicted octanol–water partition coefficient (Wildman–Crippen LogP) is 0.0101. The van der Waals surface area contributed by atoms with Gasteiger partial charge in [-0.25, -0.2) is 4.98 Å². The highest BCUT2D eigenvalue weighted by Crippen LogP contribution is 2.28. The van der Waals surface area contributed by atoms with Crippen LogP contribution in [0.2, 0.25) is 0 Å². The first-order chi connectivity index (χ1) is 10.2. The Hall–Kier alpha value is -2.62. The minimum absolute atomic E-state index is 0.0139. The second kappa shape index (κ2) is 4.45. The molecular formula is C11H9N7O2S. The molecule has 0 saturated carbocycles. The number of aryl methyl sites for hydroxylation is 2. The second-order valence-corrected chi connectivity index (χ2v) is 5.67. The molecule has 3 heterocycles. The Kier molecular flexibility index (Phi) is 2.57. The molecule has 0 aliphatic heterocycles. The van der Waals surface area contributed by atoms with Crippen molar-refractivity contribution in [1.82, 2.24) is 30.0 Å². The van der Waals surface area contributed by atoms with Crippen LogP contribution < -0.4 is 10.9 Å². The summed E-state index contributed by atoms with van der Waals surface area (Å²) in [6.07, 6.45) is 4.13. The van der Waals surface area contributed by atoms with Crippen molar-refractivity contribution < 1.29 is 4.79 Å². The van der Waals surface area contributed by atoms with Gasteiger partial charge in [0.1, 0.15) is 5.56 Å². The van der Waals surface area contributed by atoms with Gasteiger partial charge in [-0.3, -0.25) is 19.3 Å². The van der Waals surface area contributed by atoms with E-state index in [1.54, 1.807) is 0 Å². The number of thiazole rings is 1. The molecule has 0 unspecified atom stereocenters. The van der Waals surface area contributed by atoms with Crippen LogP contribution in [-0.4, -0.2) is 35.9 Å². The van der Waals surface area contributed by atoms with E-state index in [0.717, 1.165) is 25.0 Å². The average molecular weight is 303 g/mol. The molecule has 0 spiro atoms. The number of fused-ring (bicyclic) bond motifs is 3. The zero-order valence-corrected chi connectivity index (χ0v) is 11.5. The summed E-state index contributed by atoms with van der Waals surface area (Å²) in [7, 11) is 0. The van der Waals surface area contributed by atoms with E-state index in [0.29, 0.717) is 4.96 Å². The van der Waals surface area contributed by atoms with Crippen molar-refractivity contribution in [2.24, 2.45) is 0 Å². The highest BCUT2D eigenvalue weighted by atomic mass is 32.1. The molecule has 1 amide bonds. The lowest BCUT2D eigenvalue weighted by molar-refractivity contribution is 0.102. The van der Waals surface area contributed by atoms with Crippen LogP contribution in [0.4, 0.5) is 5.95 Å². The quantitative estimate of drug-likeness (QED) is 0.688. The summed E-state index contributed by atoms with van der Waals surface area (Å²) in [6.45, 7) is 0. The molecule has 4 rings (SSSR count). The first-order valence-electron chi connectivity index (χ1n) is 6.31. The molecule has 9 nitrogen and oxygen atoms in total. The Morgan fingerprint density at radius 2 is 2.33 bits per heavy atom. The number of nitrogens with one attached hydrogen (secondary N) is 2. The van der Waals surface area contributed by atoms with E-state index in [4.69, 9.17) is 0 Å². The van der Waals surface area contributed by atoms with Gasteiger partial charge >= 0.3 is 0 Å². The fourth-order valence-corrected chi connectivity index (χ4v) is 3.61. The van der Waals surface area contributed by atoms with Crippen LogP contribution in [0.15, 0.2) is 11.0 Å². The number of rotatable bonds is 2. The molecule has 3 aromatic heterocycles. The summed E-state index contributed by atoms with van der Waals surface area (Å²) in [5.41, 5.74) is 0.576. The van der Waals surface area contributed by atoms with Gasteiger partial charge in [0.25, 0.3) is 17.4 Å². The van der Waals surface area contributed by atoms with Gasteiger partial charge in [0.05, 0.1) is 0 Å². The van der Waals surface area contributed by atoms with E-state index in [-0.39, 0.29) is 17.1 Å². The largest absolute Gasteiger partial charge is 0.288 e. The summed E-state index contributed by atoms with van der Waals surface area (Å²) in [6, 6.07) is 0. The van der Waals surface area contributed by atoms with Crippen LogP contribution in [0.5, 0.6) is 0 Å². The number of anilines is 1. The van der Waals surface area contributed by atoms with E-state index >= 15 is 0 Å². The SMILES string of the molecule is O=C(Nc1nn[nH]n1)c1cnc2sc3c(n2c1=O)CCC3. The monoisotopic (exact) mass is 303 g/mol. The van der Waals surface area contributed by atoms with E-state index in [9.17, 15) is 9.59 Å². The molecule has 1 aliphatic carbocycles. The number of hydrogen-bond acceptors (Lipinski definition) is 7. The molecule has 2 N–H and O–H groups in total. The lowest BCUT2D eigenvalue weighted by Crippen LogP contribution is -2.27. The van der Waals surface area contributed by atoms with E-state index in [1.807, 2.05) is 0 Å². The van der Waals surface area contributed by atoms with Crippen LogP contribution in [-0.2, 0) is 12.8 Å². The number of carbonyl (C=O) groups excluding carboxylic acids is 1. The van der Waals surface area contributed by atoms with Gasteiger partial charge in [-0.15, -0.1) is 16.4 Å². The molecule has 0 aromatic carbocycles. The number of nitrogens with zero attached hydrogens (tertiary/aromatic N) is 5. The third kappa shape index (κ3) is 1.83. The minimum Gasteiger partial charge on any atom is -0.288 e. The Morgan fingerprint density at radius 1 is 1.43 bits per heavy atom. The number of aromatic amines is 1. The summed E-state index contributed by atoms with van der Waals surface area (Å²) in [4.78, 5) is 30.7. The molecule has 0 fully saturated rings. The van der Waals surface area contributed by atoms with Crippen LogP contribution in [0, 0.1) is 0 Å². The van der Waals surface area contributed by atoms with E-state index < -0.39 is 5.91 Å². The molecule has 0 atom stereocenters. The van der Waals surface area contributed by atoms with Crippen molar-refractivity contribution in [3.8, 4) is 0 Å². The van der Waals surface area contributed by atoms with Crippen LogP contribution in [0.25, 0.3) is 4.96 Å². The third-order valence-corrected chi connectivity index (χ3v) is 4.52. The standard InChI is InChI=1S/C11H9N7O2S/c19-8(13-10-14-16-17-15-10)5-4-12-11-18(9(5)20)6-2-1-3-7(6)21-11/h4H,1-3H2,(H2,13,14,15,16,17,19). The smallest absolute Gasteiger partial charge is 0.271 e. The Labute approximate surface area is 121 Å². The molecule has 0 saturated heterocycles. The molecule has 10 heteroatoms. The molecular weight excluding hydrogens is 294 g/mol. The van der Waals surface area contributed by atoms with Gasteiger partial charge in [-0.1, -0.05) is 5.10 Å². The van der Waals surface area contributed by atoms with Crippen molar-refractivity contribution in [3.05, 3.63) is 32.7 Å². The minimum atomic E-state index is -0.596. The highest BCUT2D eigenvalue weighted by Gasteiger charge is 2.22. The van der Waals surface area contributed by atoms with Gasteiger partial charge < -0.3 is 0 Å². The Morgan fingerprint density at radius 3 is 3.14 bits per heavy atom. The molecule has 106 valence electrons. The van der Waals surface area contributed by atoms with Crippen LogP contribution in [0.3, 0.4) is 0 Å². The lowest BCUT2D eigenvalue weighted by Gasteiger charge is -2.02. The first kappa shape index (κ1) is 12.1.